The van der Waals surface area contributed by atoms with Gasteiger partial charge in [-0.2, -0.15) is 10.2 Å². The van der Waals surface area contributed by atoms with E-state index in [1.165, 1.54) is 0 Å². The summed E-state index contributed by atoms with van der Waals surface area (Å²) in [5.74, 6) is 0.482. The van der Waals surface area contributed by atoms with Crippen molar-refractivity contribution >= 4 is 5.91 Å². The fourth-order valence-electron chi connectivity index (χ4n) is 4.35. The zero-order valence-corrected chi connectivity index (χ0v) is 23.5. The van der Waals surface area contributed by atoms with Gasteiger partial charge in [-0.1, -0.05) is 6.07 Å². The number of benzene rings is 2. The molecule has 0 aliphatic carbocycles. The van der Waals surface area contributed by atoms with Crippen LogP contribution in [0.4, 0.5) is 0 Å². The molecule has 0 spiro atoms. The Balaban J connectivity index is 1.61. The number of ether oxygens (including phenoxy) is 1. The molecule has 40 heavy (non-hydrogen) atoms. The minimum Gasteiger partial charge on any atom is -0.492 e. The lowest BCUT2D eigenvalue weighted by molar-refractivity contribution is 0.0938. The van der Waals surface area contributed by atoms with Gasteiger partial charge >= 0.3 is 0 Å². The number of nitrogens with zero attached hydrogens (tertiary/aromatic N) is 5. The number of likely N-dealkylation sites (N-methyl/N-ethyl adjacent to an activating group) is 1. The second-order valence-corrected chi connectivity index (χ2v) is 10.1. The van der Waals surface area contributed by atoms with Gasteiger partial charge in [-0.3, -0.25) is 14.2 Å². The summed E-state index contributed by atoms with van der Waals surface area (Å²) < 4.78 is 9.25. The average Bonchev–Trinajstić information content (AvgIpc) is 3.60. The molecule has 2 heterocycles. The van der Waals surface area contributed by atoms with Gasteiger partial charge < -0.3 is 25.2 Å². The highest BCUT2D eigenvalue weighted by molar-refractivity contribution is 5.96. The Bertz CT molecular complexity index is 1360. The fraction of sp³-hybridized carbons (Fsp3) is 0.367. The molecule has 0 radical (unpaired) electrons. The van der Waals surface area contributed by atoms with Crippen LogP contribution in [0.15, 0.2) is 61.2 Å². The summed E-state index contributed by atoms with van der Waals surface area (Å²) in [6.07, 6.45) is 7.32. The van der Waals surface area contributed by atoms with E-state index in [9.17, 15) is 15.0 Å². The van der Waals surface area contributed by atoms with E-state index >= 15 is 0 Å². The molecule has 10 nitrogen and oxygen atoms in total. The maximum Gasteiger partial charge on any atom is 0.252 e. The maximum atomic E-state index is 13.4. The van der Waals surface area contributed by atoms with E-state index < -0.39 is 0 Å². The van der Waals surface area contributed by atoms with Crippen molar-refractivity contribution in [1.29, 1.82) is 0 Å². The first kappa shape index (κ1) is 29.0. The first-order valence-electron chi connectivity index (χ1n) is 13.4. The molecule has 2 aromatic heterocycles. The standard InChI is InChI=1S/C30H38N6O4/c1-21-5-6-28(40-12-9-34(3)4)16-29(21)30(39)33-22(2)23-13-24(26-17-31-35(19-26)7-10-37)15-25(14-23)27-18-32-36(20-27)8-11-38/h5-6,13-20,22,37-38H,7-12H2,1-4H3,(H,33,39)/t22-/m1/s1. The summed E-state index contributed by atoms with van der Waals surface area (Å²) in [5.41, 5.74) is 6.02. The molecule has 10 heteroatoms. The van der Waals surface area contributed by atoms with Gasteiger partial charge in [0.05, 0.1) is 44.7 Å². The summed E-state index contributed by atoms with van der Waals surface area (Å²) in [6, 6.07) is 11.4. The molecule has 0 aliphatic heterocycles. The number of hydrogen-bond acceptors (Lipinski definition) is 7. The number of aromatic nitrogens is 4. The van der Waals surface area contributed by atoms with Crippen molar-refractivity contribution in [2.45, 2.75) is 33.0 Å². The van der Waals surface area contributed by atoms with Gasteiger partial charge in [0.25, 0.3) is 5.91 Å². The molecule has 0 bridgehead atoms. The van der Waals surface area contributed by atoms with E-state index in [0.29, 0.717) is 31.0 Å². The minimum atomic E-state index is -0.302. The molecule has 0 aliphatic rings. The zero-order valence-electron chi connectivity index (χ0n) is 23.5. The Kier molecular flexibility index (Phi) is 9.70. The third-order valence-corrected chi connectivity index (χ3v) is 6.66. The van der Waals surface area contributed by atoms with Crippen molar-refractivity contribution in [3.05, 3.63) is 77.9 Å². The van der Waals surface area contributed by atoms with Crippen molar-refractivity contribution in [3.8, 4) is 28.0 Å². The lowest BCUT2D eigenvalue weighted by Crippen LogP contribution is -2.27. The van der Waals surface area contributed by atoms with Crippen LogP contribution in [0.25, 0.3) is 22.3 Å². The first-order valence-corrected chi connectivity index (χ1v) is 13.4. The molecule has 2 aromatic carbocycles. The van der Waals surface area contributed by atoms with Crippen molar-refractivity contribution < 1.29 is 19.7 Å². The van der Waals surface area contributed by atoms with Crippen molar-refractivity contribution in [2.24, 2.45) is 0 Å². The smallest absolute Gasteiger partial charge is 0.252 e. The highest BCUT2D eigenvalue weighted by Crippen LogP contribution is 2.31. The zero-order chi connectivity index (χ0) is 28.6. The van der Waals surface area contributed by atoms with Crippen LogP contribution in [-0.4, -0.2) is 81.0 Å². The molecular formula is C30H38N6O4. The van der Waals surface area contributed by atoms with E-state index in [1.54, 1.807) is 27.8 Å². The van der Waals surface area contributed by atoms with Crippen LogP contribution in [-0.2, 0) is 13.1 Å². The molecule has 3 N–H and O–H groups in total. The summed E-state index contributed by atoms with van der Waals surface area (Å²) in [6.45, 7) is 6.00. The van der Waals surface area contributed by atoms with Crippen molar-refractivity contribution in [3.63, 3.8) is 0 Å². The van der Waals surface area contributed by atoms with Gasteiger partial charge in [-0.05, 0) is 80.5 Å². The number of nitrogens with one attached hydrogen (secondary N) is 1. The fourth-order valence-corrected chi connectivity index (χ4v) is 4.35. The molecule has 0 unspecified atom stereocenters. The average molecular weight is 547 g/mol. The number of rotatable bonds is 13. The Morgan fingerprint density at radius 1 is 0.950 bits per heavy atom. The Labute approximate surface area is 234 Å². The van der Waals surface area contributed by atoms with Crippen molar-refractivity contribution in [2.75, 3.05) is 40.5 Å². The van der Waals surface area contributed by atoms with E-state index in [2.05, 4.69) is 21.6 Å². The predicted molar refractivity (Wildman–Crippen MR) is 154 cm³/mol. The molecule has 1 atom stereocenters. The third kappa shape index (κ3) is 7.35. The van der Waals surface area contributed by atoms with Crippen LogP contribution < -0.4 is 10.1 Å². The minimum absolute atomic E-state index is 0.000820. The molecule has 0 saturated heterocycles. The monoisotopic (exact) mass is 546 g/mol. The molecule has 4 rings (SSSR count). The SMILES string of the molecule is Cc1ccc(OCCN(C)C)cc1C(=O)N[C@H](C)c1cc(-c2cnn(CCO)c2)cc(-c2cnn(CCO)c2)c1. The van der Waals surface area contributed by atoms with Crippen LogP contribution in [0.5, 0.6) is 5.75 Å². The highest BCUT2D eigenvalue weighted by atomic mass is 16.5. The number of amides is 1. The molecule has 212 valence electrons. The lowest BCUT2D eigenvalue weighted by Gasteiger charge is -2.18. The van der Waals surface area contributed by atoms with Gasteiger partial charge in [0.1, 0.15) is 12.4 Å². The Morgan fingerprint density at radius 3 is 2.10 bits per heavy atom. The number of aryl methyl sites for hydroxylation is 1. The van der Waals surface area contributed by atoms with Crippen LogP contribution in [0, 0.1) is 6.92 Å². The maximum absolute atomic E-state index is 13.4. The van der Waals surface area contributed by atoms with Crippen molar-refractivity contribution in [1.82, 2.24) is 29.8 Å². The van der Waals surface area contributed by atoms with Crippen LogP contribution in [0.3, 0.4) is 0 Å². The largest absolute Gasteiger partial charge is 0.492 e. The second kappa shape index (κ2) is 13.4. The molecule has 0 fully saturated rings. The van der Waals surface area contributed by atoms with Gasteiger partial charge in [-0.15, -0.1) is 0 Å². The summed E-state index contributed by atoms with van der Waals surface area (Å²) >= 11 is 0. The summed E-state index contributed by atoms with van der Waals surface area (Å²) in [7, 11) is 3.98. The first-order chi connectivity index (χ1) is 19.3. The van der Waals surface area contributed by atoms with E-state index in [1.807, 2.05) is 69.5 Å². The Hall–Kier alpha value is -3.99. The van der Waals surface area contributed by atoms with E-state index in [0.717, 1.165) is 39.9 Å². The number of aliphatic hydroxyl groups excluding tert-OH is 2. The van der Waals surface area contributed by atoms with E-state index in [-0.39, 0.29) is 25.2 Å². The summed E-state index contributed by atoms with van der Waals surface area (Å²) in [5, 5.41) is 30.5. The number of aliphatic hydroxyl groups is 2. The third-order valence-electron chi connectivity index (χ3n) is 6.66. The Morgan fingerprint density at radius 2 is 1.55 bits per heavy atom. The number of hydrogen-bond donors (Lipinski definition) is 3. The van der Waals surface area contributed by atoms with Crippen LogP contribution in [0.1, 0.15) is 34.5 Å². The highest BCUT2D eigenvalue weighted by Gasteiger charge is 2.17. The van der Waals surface area contributed by atoms with Crippen LogP contribution >= 0.6 is 0 Å². The molecule has 1 amide bonds. The topological polar surface area (TPSA) is 118 Å². The predicted octanol–water partition coefficient (Wildman–Crippen LogP) is 3.14. The van der Waals surface area contributed by atoms with E-state index in [4.69, 9.17) is 4.74 Å². The number of carbonyl (C=O) groups excluding carboxylic acids is 1. The van der Waals surface area contributed by atoms with Gasteiger partial charge in [0.2, 0.25) is 0 Å². The van der Waals surface area contributed by atoms with Crippen LogP contribution in [0.2, 0.25) is 0 Å². The normalized spacial score (nSPS) is 12.1. The lowest BCUT2D eigenvalue weighted by atomic mass is 9.96. The molecular weight excluding hydrogens is 508 g/mol. The van der Waals surface area contributed by atoms with Gasteiger partial charge in [-0.25, -0.2) is 0 Å². The quantitative estimate of drug-likeness (QED) is 0.236. The molecule has 4 aromatic rings. The summed E-state index contributed by atoms with van der Waals surface area (Å²) in [4.78, 5) is 15.4. The van der Waals surface area contributed by atoms with Gasteiger partial charge in [0.15, 0.2) is 0 Å². The number of carbonyl (C=O) groups is 1. The van der Waals surface area contributed by atoms with Gasteiger partial charge in [0, 0.05) is 35.6 Å². The molecule has 0 saturated carbocycles. The second-order valence-electron chi connectivity index (χ2n) is 10.1.